The van der Waals surface area contributed by atoms with Crippen LogP contribution in [0.1, 0.15) is 47.6 Å². The molecule has 0 saturated heterocycles. The van der Waals surface area contributed by atoms with Gasteiger partial charge in [0.15, 0.2) is 0 Å². The highest BCUT2D eigenvalue weighted by Crippen LogP contribution is 2.33. The molecular formula is C18H23N5O2. The third kappa shape index (κ3) is 3.28. The molecule has 0 spiro atoms. The van der Waals surface area contributed by atoms with E-state index in [0.29, 0.717) is 24.8 Å². The number of aryl methyl sites for hydroxylation is 1. The fourth-order valence-corrected chi connectivity index (χ4v) is 3.42. The molecule has 1 saturated carbocycles. The van der Waals surface area contributed by atoms with Crippen LogP contribution in [-0.4, -0.2) is 50.3 Å². The third-order valence-corrected chi connectivity index (χ3v) is 4.96. The zero-order valence-corrected chi connectivity index (χ0v) is 14.5. The maximum absolute atomic E-state index is 13.0. The first-order valence-electron chi connectivity index (χ1n) is 8.97. The Kier molecular flexibility index (Phi) is 4.48. The van der Waals surface area contributed by atoms with Crippen molar-refractivity contribution in [1.29, 1.82) is 0 Å². The summed E-state index contributed by atoms with van der Waals surface area (Å²) in [5.74, 6) is 0.627. The molecule has 0 N–H and O–H groups in total. The van der Waals surface area contributed by atoms with Crippen LogP contribution in [0.2, 0.25) is 0 Å². The SMILES string of the molecule is CCn1ncc2c1[C@@H](COCC1CC1)N(C(=O)c1ccncn1)CC2. The third-order valence-electron chi connectivity index (χ3n) is 4.96. The Labute approximate surface area is 147 Å². The molecule has 2 aromatic rings. The van der Waals surface area contributed by atoms with Gasteiger partial charge in [0, 0.05) is 25.9 Å². The Balaban J connectivity index is 1.60. The van der Waals surface area contributed by atoms with E-state index in [1.54, 1.807) is 12.3 Å². The summed E-state index contributed by atoms with van der Waals surface area (Å²) < 4.78 is 7.96. The molecule has 7 heteroatoms. The monoisotopic (exact) mass is 341 g/mol. The summed E-state index contributed by atoms with van der Waals surface area (Å²) in [6.45, 7) is 4.79. The number of fused-ring (bicyclic) bond motifs is 1. The van der Waals surface area contributed by atoms with Crippen LogP contribution in [0.5, 0.6) is 0 Å². The second kappa shape index (κ2) is 6.92. The number of hydrogen-bond donors (Lipinski definition) is 0. The zero-order valence-electron chi connectivity index (χ0n) is 14.5. The number of carbonyl (C=O) groups is 1. The maximum atomic E-state index is 13.0. The smallest absolute Gasteiger partial charge is 0.273 e. The average Bonchev–Trinajstić information content (AvgIpc) is 3.38. The summed E-state index contributed by atoms with van der Waals surface area (Å²) in [7, 11) is 0. The van der Waals surface area contributed by atoms with Crippen LogP contribution in [-0.2, 0) is 17.7 Å². The fraction of sp³-hybridized carbons (Fsp3) is 0.556. The first kappa shape index (κ1) is 16.2. The molecule has 1 atom stereocenters. The molecule has 2 aromatic heterocycles. The van der Waals surface area contributed by atoms with Gasteiger partial charge in [0.25, 0.3) is 5.91 Å². The van der Waals surface area contributed by atoms with E-state index in [-0.39, 0.29) is 11.9 Å². The van der Waals surface area contributed by atoms with E-state index in [0.717, 1.165) is 25.3 Å². The van der Waals surface area contributed by atoms with E-state index in [2.05, 4.69) is 22.0 Å². The Hall–Kier alpha value is -2.28. The van der Waals surface area contributed by atoms with Crippen LogP contribution in [0.3, 0.4) is 0 Å². The van der Waals surface area contributed by atoms with E-state index >= 15 is 0 Å². The van der Waals surface area contributed by atoms with Crippen LogP contribution in [0.25, 0.3) is 0 Å². The van der Waals surface area contributed by atoms with Gasteiger partial charge < -0.3 is 9.64 Å². The van der Waals surface area contributed by atoms with E-state index in [9.17, 15) is 4.79 Å². The maximum Gasteiger partial charge on any atom is 0.273 e. The lowest BCUT2D eigenvalue weighted by Gasteiger charge is -2.36. The van der Waals surface area contributed by atoms with Gasteiger partial charge in [-0.2, -0.15) is 5.10 Å². The number of hydrogen-bond acceptors (Lipinski definition) is 5. The molecule has 7 nitrogen and oxygen atoms in total. The van der Waals surface area contributed by atoms with Gasteiger partial charge in [-0.25, -0.2) is 9.97 Å². The van der Waals surface area contributed by atoms with E-state index in [1.165, 1.54) is 24.7 Å². The van der Waals surface area contributed by atoms with Crippen LogP contribution < -0.4 is 0 Å². The fourth-order valence-electron chi connectivity index (χ4n) is 3.42. The van der Waals surface area contributed by atoms with Crippen LogP contribution in [0.15, 0.2) is 24.8 Å². The lowest BCUT2D eigenvalue weighted by atomic mass is 9.99. The standard InChI is InChI=1S/C18H23N5O2/c1-2-23-17-14(9-21-23)6-8-22(16(17)11-25-10-13-3-4-13)18(24)15-5-7-19-12-20-15/h5,7,9,12-13,16H,2-4,6,8,10-11H2,1H3/t16-/m1/s1. The molecule has 1 aliphatic carbocycles. The topological polar surface area (TPSA) is 73.1 Å². The van der Waals surface area contributed by atoms with Crippen LogP contribution in [0.4, 0.5) is 0 Å². The van der Waals surface area contributed by atoms with Crippen LogP contribution >= 0.6 is 0 Å². The zero-order chi connectivity index (χ0) is 17.2. The van der Waals surface area contributed by atoms with E-state index < -0.39 is 0 Å². The molecule has 0 aromatic carbocycles. The predicted molar refractivity (Wildman–Crippen MR) is 91.0 cm³/mol. The number of carbonyl (C=O) groups excluding carboxylic acids is 1. The van der Waals surface area contributed by atoms with Gasteiger partial charge in [-0.15, -0.1) is 0 Å². The Bertz CT molecular complexity index is 728. The minimum Gasteiger partial charge on any atom is -0.379 e. The highest BCUT2D eigenvalue weighted by molar-refractivity contribution is 5.92. The lowest BCUT2D eigenvalue weighted by molar-refractivity contribution is 0.0341. The summed E-state index contributed by atoms with van der Waals surface area (Å²) >= 11 is 0. The highest BCUT2D eigenvalue weighted by Gasteiger charge is 2.35. The molecule has 4 rings (SSSR count). The first-order valence-corrected chi connectivity index (χ1v) is 8.97. The van der Waals surface area contributed by atoms with Gasteiger partial charge in [-0.1, -0.05) is 0 Å². The molecule has 1 amide bonds. The lowest BCUT2D eigenvalue weighted by Crippen LogP contribution is -2.43. The van der Waals surface area contributed by atoms with Gasteiger partial charge >= 0.3 is 0 Å². The normalized spacial score (nSPS) is 19.7. The summed E-state index contributed by atoms with van der Waals surface area (Å²) in [4.78, 5) is 22.9. The van der Waals surface area contributed by atoms with E-state index in [4.69, 9.17) is 4.74 Å². The largest absolute Gasteiger partial charge is 0.379 e. The number of amides is 1. The number of nitrogens with zero attached hydrogens (tertiary/aromatic N) is 5. The molecule has 0 radical (unpaired) electrons. The summed E-state index contributed by atoms with van der Waals surface area (Å²) in [5, 5.41) is 4.49. The molecule has 0 bridgehead atoms. The summed E-state index contributed by atoms with van der Waals surface area (Å²) in [5.41, 5.74) is 2.74. The molecular weight excluding hydrogens is 318 g/mol. The second-order valence-corrected chi connectivity index (χ2v) is 6.71. The average molecular weight is 341 g/mol. The van der Waals surface area contributed by atoms with Gasteiger partial charge in [-0.05, 0) is 43.7 Å². The second-order valence-electron chi connectivity index (χ2n) is 6.71. The van der Waals surface area contributed by atoms with Crippen molar-refractivity contribution in [3.8, 4) is 0 Å². The first-order chi connectivity index (χ1) is 12.3. The molecule has 3 heterocycles. The number of ether oxygens (including phenoxy) is 1. The molecule has 0 unspecified atom stereocenters. The van der Waals surface area contributed by atoms with Crippen molar-refractivity contribution in [3.05, 3.63) is 41.7 Å². The predicted octanol–water partition coefficient (Wildman–Crippen LogP) is 1.86. The quantitative estimate of drug-likeness (QED) is 0.802. The van der Waals surface area contributed by atoms with Crippen molar-refractivity contribution in [2.75, 3.05) is 19.8 Å². The highest BCUT2D eigenvalue weighted by atomic mass is 16.5. The molecule has 1 fully saturated rings. The number of aromatic nitrogens is 4. The summed E-state index contributed by atoms with van der Waals surface area (Å²) in [6, 6.07) is 1.55. The Morgan fingerprint density at radius 2 is 2.24 bits per heavy atom. The summed E-state index contributed by atoms with van der Waals surface area (Å²) in [6.07, 6.45) is 8.27. The Morgan fingerprint density at radius 1 is 1.36 bits per heavy atom. The van der Waals surface area contributed by atoms with Gasteiger partial charge in [0.1, 0.15) is 12.0 Å². The minimum absolute atomic E-state index is 0.0723. The van der Waals surface area contributed by atoms with Gasteiger partial charge in [0.2, 0.25) is 0 Å². The van der Waals surface area contributed by atoms with Crippen molar-refractivity contribution in [3.63, 3.8) is 0 Å². The van der Waals surface area contributed by atoms with Crippen molar-refractivity contribution in [2.24, 2.45) is 5.92 Å². The number of rotatable bonds is 6. The van der Waals surface area contributed by atoms with Crippen molar-refractivity contribution >= 4 is 5.91 Å². The molecule has 2 aliphatic rings. The van der Waals surface area contributed by atoms with Crippen LogP contribution in [0, 0.1) is 5.92 Å². The molecule has 1 aliphatic heterocycles. The van der Waals surface area contributed by atoms with Crippen molar-refractivity contribution in [1.82, 2.24) is 24.6 Å². The van der Waals surface area contributed by atoms with Gasteiger partial charge in [0.05, 0.1) is 24.5 Å². The molecule has 132 valence electrons. The van der Waals surface area contributed by atoms with E-state index in [1.807, 2.05) is 15.8 Å². The van der Waals surface area contributed by atoms with Gasteiger partial charge in [-0.3, -0.25) is 9.48 Å². The Morgan fingerprint density at radius 3 is 2.96 bits per heavy atom. The van der Waals surface area contributed by atoms with Crippen molar-refractivity contribution < 1.29 is 9.53 Å². The molecule has 25 heavy (non-hydrogen) atoms. The minimum atomic E-state index is -0.118. The van der Waals surface area contributed by atoms with Crippen molar-refractivity contribution in [2.45, 2.75) is 38.8 Å².